The molecule has 2 aliphatic rings. The highest BCUT2D eigenvalue weighted by atomic mass is 19.4. The van der Waals surface area contributed by atoms with Crippen molar-refractivity contribution >= 4 is 11.8 Å². The normalized spacial score (nSPS) is 24.5. The SMILES string of the molecule is C[C@@H](O[C@H]1CN2C(=O)CC(C(=O)N(C)C)C[C@H]2C1c1ccc(F)cc1)c1cc(C(F)(F)F)cc(C(F)(F)F)c1. The summed E-state index contributed by atoms with van der Waals surface area (Å²) in [6.07, 6.45) is -11.8. The summed E-state index contributed by atoms with van der Waals surface area (Å²) in [5.74, 6) is -2.25. The average Bonchev–Trinajstić information content (AvgIpc) is 3.21. The molecule has 4 rings (SSSR count). The van der Waals surface area contributed by atoms with E-state index in [1.165, 1.54) is 41.0 Å². The largest absolute Gasteiger partial charge is 0.416 e. The predicted molar refractivity (Wildman–Crippen MR) is 126 cm³/mol. The molecule has 5 atom stereocenters. The summed E-state index contributed by atoms with van der Waals surface area (Å²) in [5.41, 5.74) is -2.66. The number of amides is 2. The molecule has 2 aromatic carbocycles. The van der Waals surface area contributed by atoms with Gasteiger partial charge in [-0.05, 0) is 54.8 Å². The molecule has 212 valence electrons. The Morgan fingerprint density at radius 2 is 1.56 bits per heavy atom. The quantitative estimate of drug-likeness (QED) is 0.435. The molecule has 2 heterocycles. The van der Waals surface area contributed by atoms with E-state index >= 15 is 0 Å². The van der Waals surface area contributed by atoms with Crippen LogP contribution in [0, 0.1) is 11.7 Å². The molecule has 0 N–H and O–H groups in total. The van der Waals surface area contributed by atoms with Gasteiger partial charge < -0.3 is 14.5 Å². The van der Waals surface area contributed by atoms with E-state index in [9.17, 15) is 40.3 Å². The zero-order chi connectivity index (χ0) is 28.9. The number of nitrogens with zero attached hydrogens (tertiary/aromatic N) is 2. The first-order chi connectivity index (χ1) is 18.1. The zero-order valence-electron chi connectivity index (χ0n) is 21.3. The first-order valence-corrected chi connectivity index (χ1v) is 12.3. The smallest absolute Gasteiger partial charge is 0.368 e. The van der Waals surface area contributed by atoms with Crippen LogP contribution in [0.25, 0.3) is 0 Å². The molecule has 39 heavy (non-hydrogen) atoms. The Kier molecular flexibility index (Phi) is 7.72. The topological polar surface area (TPSA) is 49.9 Å². The number of halogens is 7. The summed E-state index contributed by atoms with van der Waals surface area (Å²) in [7, 11) is 3.15. The van der Waals surface area contributed by atoms with Gasteiger partial charge in [-0.1, -0.05) is 12.1 Å². The van der Waals surface area contributed by atoms with Crippen molar-refractivity contribution in [3.8, 4) is 0 Å². The summed E-state index contributed by atoms with van der Waals surface area (Å²) >= 11 is 0. The molecular weight excluding hydrogens is 533 g/mol. The minimum atomic E-state index is -5.01. The van der Waals surface area contributed by atoms with Crippen molar-refractivity contribution in [1.82, 2.24) is 9.80 Å². The Hall–Kier alpha value is -3.15. The number of carbonyl (C=O) groups is 2. The van der Waals surface area contributed by atoms with Gasteiger partial charge in [0.1, 0.15) is 5.82 Å². The van der Waals surface area contributed by atoms with Gasteiger partial charge in [-0.15, -0.1) is 0 Å². The lowest BCUT2D eigenvalue weighted by Gasteiger charge is -2.37. The van der Waals surface area contributed by atoms with Crippen LogP contribution < -0.4 is 0 Å². The summed E-state index contributed by atoms with van der Waals surface area (Å²) in [6.45, 7) is 1.36. The van der Waals surface area contributed by atoms with Crippen molar-refractivity contribution in [3.63, 3.8) is 0 Å². The lowest BCUT2D eigenvalue weighted by atomic mass is 9.81. The number of carbonyl (C=O) groups excluding carboxylic acids is 2. The predicted octanol–water partition coefficient (Wildman–Crippen LogP) is 5.80. The maximum absolute atomic E-state index is 13.7. The van der Waals surface area contributed by atoms with E-state index in [1.807, 2.05) is 0 Å². The molecular formula is C27H27F7N2O3. The van der Waals surface area contributed by atoms with Crippen LogP contribution in [0.1, 0.15) is 54.0 Å². The molecule has 5 nitrogen and oxygen atoms in total. The van der Waals surface area contributed by atoms with E-state index in [0.29, 0.717) is 17.7 Å². The molecule has 12 heteroatoms. The number of ether oxygens (including phenoxy) is 1. The van der Waals surface area contributed by atoms with Crippen LogP contribution in [-0.2, 0) is 26.7 Å². The first kappa shape index (κ1) is 28.8. The molecule has 2 unspecified atom stereocenters. The van der Waals surface area contributed by atoms with Crippen molar-refractivity contribution in [2.75, 3.05) is 20.6 Å². The van der Waals surface area contributed by atoms with E-state index in [1.54, 1.807) is 14.1 Å². The average molecular weight is 561 g/mol. The lowest BCUT2D eigenvalue weighted by molar-refractivity contribution is -0.145. The van der Waals surface area contributed by atoms with Crippen molar-refractivity contribution < 1.29 is 45.1 Å². The van der Waals surface area contributed by atoms with Crippen LogP contribution in [0.2, 0.25) is 0 Å². The maximum atomic E-state index is 13.7. The van der Waals surface area contributed by atoms with Crippen LogP contribution in [-0.4, -0.2) is 54.4 Å². The fourth-order valence-corrected chi connectivity index (χ4v) is 5.51. The molecule has 0 aliphatic carbocycles. The van der Waals surface area contributed by atoms with Gasteiger partial charge >= 0.3 is 12.4 Å². The third kappa shape index (κ3) is 6.05. The molecule has 0 spiro atoms. The number of alkyl halides is 6. The molecule has 2 aromatic rings. The van der Waals surface area contributed by atoms with Gasteiger partial charge in [0.15, 0.2) is 0 Å². The third-order valence-corrected chi connectivity index (χ3v) is 7.36. The number of hydrogen-bond acceptors (Lipinski definition) is 3. The fraction of sp³-hybridized carbons (Fsp3) is 0.481. The van der Waals surface area contributed by atoms with Crippen LogP contribution in [0.4, 0.5) is 30.7 Å². The van der Waals surface area contributed by atoms with E-state index in [0.717, 1.165) is 0 Å². The van der Waals surface area contributed by atoms with E-state index in [2.05, 4.69) is 0 Å². The summed E-state index contributed by atoms with van der Waals surface area (Å²) < 4.78 is 100. The summed E-state index contributed by atoms with van der Waals surface area (Å²) in [5, 5.41) is 0. The number of benzene rings is 2. The minimum Gasteiger partial charge on any atom is -0.368 e. The number of rotatable bonds is 5. The Morgan fingerprint density at radius 3 is 2.08 bits per heavy atom. The van der Waals surface area contributed by atoms with Crippen molar-refractivity contribution in [3.05, 3.63) is 70.5 Å². The Balaban J connectivity index is 1.69. The molecule has 2 saturated heterocycles. The highest BCUT2D eigenvalue weighted by Crippen LogP contribution is 2.45. The first-order valence-electron chi connectivity index (χ1n) is 12.3. The molecule has 2 aliphatic heterocycles. The Bertz CT molecular complexity index is 1200. The summed E-state index contributed by atoms with van der Waals surface area (Å²) in [6, 6.07) is 6.18. The van der Waals surface area contributed by atoms with Crippen molar-refractivity contribution in [2.24, 2.45) is 5.92 Å². The minimum absolute atomic E-state index is 0.0177. The van der Waals surface area contributed by atoms with E-state index in [4.69, 9.17) is 4.74 Å². The standard InChI is InChI=1S/C27H27F7N2O3/c1-14(16-8-18(26(29,30)31)12-19(9-16)27(32,33)34)39-22-13-36-21(24(22)15-4-6-20(28)7-5-15)10-17(11-23(36)37)25(38)35(2)3/h4-9,12,14,17,21-22,24H,10-11,13H2,1-3H3/t14-,17?,21+,22+,24?/m1/s1. The maximum Gasteiger partial charge on any atom is 0.416 e. The van der Waals surface area contributed by atoms with Gasteiger partial charge in [-0.25, -0.2) is 4.39 Å². The third-order valence-electron chi connectivity index (χ3n) is 7.36. The summed E-state index contributed by atoms with van der Waals surface area (Å²) in [4.78, 5) is 28.7. The van der Waals surface area contributed by atoms with Gasteiger partial charge in [0.05, 0.1) is 23.3 Å². The van der Waals surface area contributed by atoms with Crippen molar-refractivity contribution in [1.29, 1.82) is 0 Å². The number of fused-ring (bicyclic) bond motifs is 1. The highest BCUT2D eigenvalue weighted by Gasteiger charge is 2.50. The molecule has 0 aromatic heterocycles. The second-order valence-corrected chi connectivity index (χ2v) is 10.2. The van der Waals surface area contributed by atoms with Gasteiger partial charge in [-0.2, -0.15) is 26.3 Å². The van der Waals surface area contributed by atoms with Crippen molar-refractivity contribution in [2.45, 2.75) is 56.3 Å². The number of piperidine rings is 1. The Labute approximate surface area is 220 Å². The van der Waals surface area contributed by atoms with Gasteiger partial charge in [0.25, 0.3) is 0 Å². The van der Waals surface area contributed by atoms with Gasteiger partial charge in [0, 0.05) is 44.9 Å². The van der Waals surface area contributed by atoms with Gasteiger partial charge in [0.2, 0.25) is 11.8 Å². The van der Waals surface area contributed by atoms with Crippen LogP contribution >= 0.6 is 0 Å². The zero-order valence-corrected chi connectivity index (χ0v) is 21.3. The van der Waals surface area contributed by atoms with Crippen LogP contribution in [0.15, 0.2) is 42.5 Å². The Morgan fingerprint density at radius 1 is 1.00 bits per heavy atom. The highest BCUT2D eigenvalue weighted by molar-refractivity contribution is 5.87. The molecule has 2 fully saturated rings. The number of hydrogen-bond donors (Lipinski definition) is 0. The van der Waals surface area contributed by atoms with Gasteiger partial charge in [-0.3, -0.25) is 9.59 Å². The molecule has 2 amide bonds. The molecule has 0 radical (unpaired) electrons. The molecule has 0 saturated carbocycles. The van der Waals surface area contributed by atoms with E-state index < -0.39 is 59.4 Å². The van der Waals surface area contributed by atoms with Crippen LogP contribution in [0.5, 0.6) is 0 Å². The van der Waals surface area contributed by atoms with E-state index in [-0.39, 0.29) is 42.8 Å². The fourth-order valence-electron chi connectivity index (χ4n) is 5.51. The van der Waals surface area contributed by atoms with Crippen LogP contribution in [0.3, 0.4) is 0 Å². The monoisotopic (exact) mass is 560 g/mol. The second-order valence-electron chi connectivity index (χ2n) is 10.2. The second kappa shape index (κ2) is 10.4. The molecule has 0 bridgehead atoms. The lowest BCUT2D eigenvalue weighted by Crippen LogP contribution is -2.47.